The molecule has 2 rings (SSSR count). The zero-order valence-electron chi connectivity index (χ0n) is 7.41. The first kappa shape index (κ1) is 11.0. The summed E-state index contributed by atoms with van der Waals surface area (Å²) >= 11 is 11.2. The minimum Gasteiger partial charge on any atom is -0.224 e. The lowest BCUT2D eigenvalue weighted by Gasteiger charge is -2.20. The summed E-state index contributed by atoms with van der Waals surface area (Å²) in [6.45, 7) is 0. The van der Waals surface area contributed by atoms with Gasteiger partial charge in [0.1, 0.15) is 10.3 Å². The third kappa shape index (κ3) is 1.70. The van der Waals surface area contributed by atoms with Crippen molar-refractivity contribution in [2.24, 2.45) is 0 Å². The van der Waals surface area contributed by atoms with E-state index in [1.807, 2.05) is 0 Å². The molecule has 82 valence electrons. The van der Waals surface area contributed by atoms with E-state index in [2.05, 4.69) is 4.98 Å². The van der Waals surface area contributed by atoms with Gasteiger partial charge in [-0.1, -0.05) is 29.3 Å². The third-order valence-electron chi connectivity index (χ3n) is 2.62. The summed E-state index contributed by atoms with van der Waals surface area (Å²) < 4.78 is 38.2. The Morgan fingerprint density at radius 3 is 2.20 bits per heavy atom. The lowest BCUT2D eigenvalue weighted by Crippen LogP contribution is -2.29. The van der Waals surface area contributed by atoms with Crippen LogP contribution in [0.5, 0.6) is 0 Å². The molecule has 0 spiro atoms. The standard InChI is InChI=1S/C9H6Cl2F3N/c10-6-2-1-5(7(11)15-6)8(3-4-8)9(12,13)14/h1-2H,3-4H2. The zero-order valence-corrected chi connectivity index (χ0v) is 8.92. The van der Waals surface area contributed by atoms with Gasteiger partial charge in [-0.2, -0.15) is 13.2 Å². The van der Waals surface area contributed by atoms with Gasteiger partial charge in [-0.05, 0) is 18.9 Å². The van der Waals surface area contributed by atoms with Crippen LogP contribution in [0.4, 0.5) is 13.2 Å². The number of pyridine rings is 1. The summed E-state index contributed by atoms with van der Waals surface area (Å²) in [5, 5.41) is -0.0564. The summed E-state index contributed by atoms with van der Waals surface area (Å²) in [5.41, 5.74) is -1.76. The Morgan fingerprint density at radius 1 is 1.20 bits per heavy atom. The van der Waals surface area contributed by atoms with Crippen molar-refractivity contribution in [3.8, 4) is 0 Å². The quantitative estimate of drug-likeness (QED) is 0.692. The molecule has 1 aliphatic carbocycles. The highest BCUT2D eigenvalue weighted by atomic mass is 35.5. The van der Waals surface area contributed by atoms with E-state index in [0.29, 0.717) is 0 Å². The van der Waals surface area contributed by atoms with Crippen LogP contribution in [-0.2, 0) is 5.41 Å². The summed E-state index contributed by atoms with van der Waals surface area (Å²) in [6, 6.07) is 2.63. The van der Waals surface area contributed by atoms with E-state index in [1.165, 1.54) is 12.1 Å². The third-order valence-corrected chi connectivity index (χ3v) is 3.12. The monoisotopic (exact) mass is 255 g/mol. The highest BCUT2D eigenvalue weighted by Crippen LogP contribution is 2.60. The number of alkyl halides is 3. The molecular weight excluding hydrogens is 250 g/mol. The maximum absolute atomic E-state index is 12.7. The number of rotatable bonds is 1. The predicted molar refractivity (Wildman–Crippen MR) is 51.2 cm³/mol. The Balaban J connectivity index is 2.47. The van der Waals surface area contributed by atoms with E-state index in [1.54, 1.807) is 0 Å². The SMILES string of the molecule is FC(F)(F)C1(c2ccc(Cl)nc2Cl)CC1. The minimum absolute atomic E-state index is 0.0288. The topological polar surface area (TPSA) is 12.9 Å². The van der Waals surface area contributed by atoms with Crippen LogP contribution in [0, 0.1) is 0 Å². The van der Waals surface area contributed by atoms with E-state index < -0.39 is 11.6 Å². The van der Waals surface area contributed by atoms with Crippen molar-refractivity contribution in [1.82, 2.24) is 4.98 Å². The molecule has 0 atom stereocenters. The van der Waals surface area contributed by atoms with E-state index in [4.69, 9.17) is 23.2 Å². The Labute approximate surface area is 94.2 Å². The second kappa shape index (κ2) is 3.25. The molecule has 1 aliphatic rings. The maximum atomic E-state index is 12.7. The number of halogens is 5. The largest absolute Gasteiger partial charge is 0.398 e. The number of nitrogens with zero attached hydrogens (tertiary/aromatic N) is 1. The second-order valence-electron chi connectivity index (χ2n) is 3.55. The summed E-state index contributed by atoms with van der Waals surface area (Å²) in [5.74, 6) is 0. The van der Waals surface area contributed by atoms with Gasteiger partial charge in [0.05, 0.1) is 5.41 Å². The number of hydrogen-bond acceptors (Lipinski definition) is 1. The van der Waals surface area contributed by atoms with Crippen molar-refractivity contribution in [1.29, 1.82) is 0 Å². The Bertz CT molecular complexity index is 399. The molecule has 1 saturated carbocycles. The molecule has 6 heteroatoms. The fourth-order valence-electron chi connectivity index (χ4n) is 1.60. The molecule has 1 nitrogen and oxygen atoms in total. The Kier molecular flexibility index (Phi) is 2.39. The summed E-state index contributed by atoms with van der Waals surface area (Å²) in [4.78, 5) is 3.62. The Hall–Kier alpha value is -0.480. The van der Waals surface area contributed by atoms with Crippen molar-refractivity contribution in [3.63, 3.8) is 0 Å². The molecule has 15 heavy (non-hydrogen) atoms. The molecule has 0 aromatic carbocycles. The average molecular weight is 256 g/mol. The first-order valence-corrected chi connectivity index (χ1v) is 5.02. The molecule has 1 heterocycles. The lowest BCUT2D eigenvalue weighted by molar-refractivity contribution is -0.160. The van der Waals surface area contributed by atoms with Crippen LogP contribution in [0.15, 0.2) is 12.1 Å². The fraction of sp³-hybridized carbons (Fsp3) is 0.444. The normalized spacial score (nSPS) is 19.0. The van der Waals surface area contributed by atoms with Gasteiger partial charge in [0.2, 0.25) is 0 Å². The summed E-state index contributed by atoms with van der Waals surface area (Å²) in [7, 11) is 0. The smallest absolute Gasteiger partial charge is 0.224 e. The van der Waals surface area contributed by atoms with E-state index in [0.717, 1.165) is 0 Å². The molecule has 0 amide bonds. The highest BCUT2D eigenvalue weighted by Gasteiger charge is 2.65. The molecule has 1 aromatic heterocycles. The number of aromatic nitrogens is 1. The van der Waals surface area contributed by atoms with Crippen molar-refractivity contribution in [3.05, 3.63) is 28.0 Å². The van der Waals surface area contributed by atoms with Gasteiger partial charge >= 0.3 is 6.18 Å². The predicted octanol–water partition coefficient (Wildman–Crippen LogP) is 3.98. The van der Waals surface area contributed by atoms with Gasteiger partial charge in [0.15, 0.2) is 0 Å². The van der Waals surface area contributed by atoms with Crippen molar-refractivity contribution in [2.45, 2.75) is 24.4 Å². The minimum atomic E-state index is -4.27. The van der Waals surface area contributed by atoms with Gasteiger partial charge in [-0.15, -0.1) is 0 Å². The van der Waals surface area contributed by atoms with Crippen LogP contribution < -0.4 is 0 Å². The van der Waals surface area contributed by atoms with Gasteiger partial charge in [0.25, 0.3) is 0 Å². The van der Waals surface area contributed by atoms with Crippen LogP contribution in [0.3, 0.4) is 0 Å². The molecule has 0 aliphatic heterocycles. The van der Waals surface area contributed by atoms with Crippen LogP contribution in [-0.4, -0.2) is 11.2 Å². The molecular formula is C9H6Cl2F3N. The van der Waals surface area contributed by atoms with Gasteiger partial charge < -0.3 is 0 Å². The van der Waals surface area contributed by atoms with E-state index >= 15 is 0 Å². The first-order valence-electron chi connectivity index (χ1n) is 4.26. The van der Waals surface area contributed by atoms with Gasteiger partial charge in [0, 0.05) is 5.56 Å². The lowest BCUT2D eigenvalue weighted by atomic mass is 9.97. The van der Waals surface area contributed by atoms with Gasteiger partial charge in [-0.25, -0.2) is 4.98 Å². The molecule has 0 N–H and O–H groups in total. The number of hydrogen-bond donors (Lipinski definition) is 0. The molecule has 0 bridgehead atoms. The van der Waals surface area contributed by atoms with E-state index in [9.17, 15) is 13.2 Å². The van der Waals surface area contributed by atoms with Crippen LogP contribution in [0.25, 0.3) is 0 Å². The first-order chi connectivity index (χ1) is 6.87. The maximum Gasteiger partial charge on any atom is 0.398 e. The van der Waals surface area contributed by atoms with Crippen LogP contribution >= 0.6 is 23.2 Å². The highest BCUT2D eigenvalue weighted by molar-refractivity contribution is 6.33. The average Bonchev–Trinajstić information content (AvgIpc) is 2.83. The summed E-state index contributed by atoms with van der Waals surface area (Å²) in [6.07, 6.45) is -4.13. The molecule has 0 radical (unpaired) electrons. The van der Waals surface area contributed by atoms with Crippen molar-refractivity contribution < 1.29 is 13.2 Å². The fourth-order valence-corrected chi connectivity index (χ4v) is 2.13. The Morgan fingerprint density at radius 2 is 1.80 bits per heavy atom. The van der Waals surface area contributed by atoms with Gasteiger partial charge in [-0.3, -0.25) is 0 Å². The molecule has 1 fully saturated rings. The van der Waals surface area contributed by atoms with Crippen LogP contribution in [0.1, 0.15) is 18.4 Å². The molecule has 0 unspecified atom stereocenters. The molecule has 0 saturated heterocycles. The van der Waals surface area contributed by atoms with E-state index in [-0.39, 0.29) is 28.7 Å². The van der Waals surface area contributed by atoms with Crippen molar-refractivity contribution >= 4 is 23.2 Å². The van der Waals surface area contributed by atoms with Crippen molar-refractivity contribution in [2.75, 3.05) is 0 Å². The van der Waals surface area contributed by atoms with Crippen LogP contribution in [0.2, 0.25) is 10.3 Å². The second-order valence-corrected chi connectivity index (χ2v) is 4.30. The zero-order chi connectivity index (χ0) is 11.3. The molecule has 1 aromatic rings.